The fraction of sp³-hybridized carbons (Fsp3) is 0.444. The van der Waals surface area contributed by atoms with E-state index in [2.05, 4.69) is 5.32 Å². The molecule has 1 atom stereocenters. The van der Waals surface area contributed by atoms with Gasteiger partial charge in [-0.2, -0.15) is 0 Å². The van der Waals surface area contributed by atoms with Crippen molar-refractivity contribution in [2.45, 2.75) is 25.9 Å². The zero-order chi connectivity index (χ0) is 20.0. The summed E-state index contributed by atoms with van der Waals surface area (Å²) < 4.78 is 18.1. The zero-order valence-electron chi connectivity index (χ0n) is 15.2. The van der Waals surface area contributed by atoms with E-state index in [1.165, 1.54) is 38.2 Å². The molecule has 1 heterocycles. The Labute approximate surface area is 156 Å². The quantitative estimate of drug-likeness (QED) is 0.762. The van der Waals surface area contributed by atoms with Gasteiger partial charge in [0.15, 0.2) is 6.10 Å². The van der Waals surface area contributed by atoms with Crippen LogP contribution in [0.4, 0.5) is 9.18 Å². The number of hydrogen-bond donors (Lipinski definition) is 2. The minimum Gasteiger partial charge on any atom is -0.452 e. The fourth-order valence-corrected chi connectivity index (χ4v) is 2.69. The van der Waals surface area contributed by atoms with Crippen molar-refractivity contribution in [1.29, 1.82) is 0 Å². The van der Waals surface area contributed by atoms with Crippen molar-refractivity contribution in [3.05, 3.63) is 35.6 Å². The predicted octanol–water partition coefficient (Wildman–Crippen LogP) is 1.07. The van der Waals surface area contributed by atoms with Crippen LogP contribution in [0.15, 0.2) is 24.3 Å². The van der Waals surface area contributed by atoms with Gasteiger partial charge in [-0.3, -0.25) is 19.7 Å². The Hall–Kier alpha value is -2.97. The molecule has 146 valence electrons. The number of urea groups is 1. The maximum absolute atomic E-state index is 13.0. The number of carbonyl (C=O) groups excluding carboxylic acids is 4. The number of piperidine rings is 1. The van der Waals surface area contributed by atoms with Gasteiger partial charge in [0.05, 0.1) is 5.92 Å². The molecule has 1 aliphatic heterocycles. The van der Waals surface area contributed by atoms with Crippen LogP contribution < -0.4 is 10.6 Å². The Bertz CT molecular complexity index is 714. The second-order valence-corrected chi connectivity index (χ2v) is 6.22. The molecule has 1 aliphatic rings. The largest absolute Gasteiger partial charge is 0.452 e. The number of hydrogen-bond acceptors (Lipinski definition) is 5. The topological polar surface area (TPSA) is 105 Å². The van der Waals surface area contributed by atoms with E-state index in [1.807, 2.05) is 5.32 Å². The molecule has 0 spiro atoms. The highest BCUT2D eigenvalue weighted by atomic mass is 19.1. The summed E-state index contributed by atoms with van der Waals surface area (Å²) in [6.45, 7) is 2.09. The monoisotopic (exact) mass is 379 g/mol. The smallest absolute Gasteiger partial charge is 0.321 e. The van der Waals surface area contributed by atoms with E-state index in [4.69, 9.17) is 4.74 Å². The van der Waals surface area contributed by atoms with Gasteiger partial charge >= 0.3 is 12.0 Å². The van der Waals surface area contributed by atoms with E-state index in [9.17, 15) is 23.6 Å². The van der Waals surface area contributed by atoms with Crippen LogP contribution in [0.2, 0.25) is 0 Å². The molecule has 1 aromatic carbocycles. The Morgan fingerprint density at radius 3 is 2.30 bits per heavy atom. The number of amides is 4. The van der Waals surface area contributed by atoms with Gasteiger partial charge in [-0.15, -0.1) is 0 Å². The average molecular weight is 379 g/mol. The maximum Gasteiger partial charge on any atom is 0.321 e. The zero-order valence-corrected chi connectivity index (χ0v) is 15.2. The molecular formula is C18H22FN3O5. The Balaban J connectivity index is 1.83. The minimum atomic E-state index is -1.10. The van der Waals surface area contributed by atoms with Gasteiger partial charge in [0.1, 0.15) is 5.82 Å². The normalized spacial score (nSPS) is 15.6. The van der Waals surface area contributed by atoms with Crippen LogP contribution >= 0.6 is 0 Å². The van der Waals surface area contributed by atoms with Crippen molar-refractivity contribution >= 4 is 23.8 Å². The lowest BCUT2D eigenvalue weighted by molar-refractivity contribution is -0.159. The van der Waals surface area contributed by atoms with Crippen LogP contribution in [-0.4, -0.2) is 55.0 Å². The summed E-state index contributed by atoms with van der Waals surface area (Å²) in [7, 11) is 1.36. The first-order valence-electron chi connectivity index (χ1n) is 8.59. The molecule has 27 heavy (non-hydrogen) atoms. The summed E-state index contributed by atoms with van der Waals surface area (Å²) in [6, 6.07) is 4.61. The van der Waals surface area contributed by atoms with Crippen molar-refractivity contribution < 1.29 is 28.3 Å². The Morgan fingerprint density at radius 1 is 1.15 bits per heavy atom. The van der Waals surface area contributed by atoms with E-state index in [0.29, 0.717) is 31.5 Å². The van der Waals surface area contributed by atoms with Gasteiger partial charge in [-0.1, -0.05) is 0 Å². The second-order valence-electron chi connectivity index (χ2n) is 6.22. The van der Waals surface area contributed by atoms with Gasteiger partial charge < -0.3 is 15.0 Å². The molecular weight excluding hydrogens is 357 g/mol. The number of likely N-dealkylation sites (tertiary alicyclic amines) is 1. The van der Waals surface area contributed by atoms with Gasteiger partial charge in [0.2, 0.25) is 0 Å². The van der Waals surface area contributed by atoms with Gasteiger partial charge in [0.25, 0.3) is 11.8 Å². The fourth-order valence-electron chi connectivity index (χ4n) is 2.69. The molecule has 0 aliphatic carbocycles. The number of imide groups is 1. The van der Waals surface area contributed by atoms with Crippen molar-refractivity contribution in [1.82, 2.24) is 15.5 Å². The molecule has 2 N–H and O–H groups in total. The summed E-state index contributed by atoms with van der Waals surface area (Å²) in [5.41, 5.74) is 0.386. The van der Waals surface area contributed by atoms with E-state index in [-0.39, 0.29) is 5.91 Å². The van der Waals surface area contributed by atoms with Crippen LogP contribution in [0.25, 0.3) is 0 Å². The standard InChI is InChI=1S/C18H22FN3O5/c1-11(15(23)21-18(26)20-2)27-17(25)13-7-9-22(10-8-13)16(24)12-3-5-14(19)6-4-12/h3-6,11,13H,7-10H2,1-2H3,(H2,20,21,23,26)/t11-/m0/s1. The number of carbonyl (C=O) groups is 4. The third kappa shape index (κ3) is 5.50. The predicted molar refractivity (Wildman–Crippen MR) is 93.2 cm³/mol. The molecule has 1 fully saturated rings. The van der Waals surface area contributed by atoms with Gasteiger partial charge in [-0.05, 0) is 44.0 Å². The van der Waals surface area contributed by atoms with Gasteiger partial charge in [0, 0.05) is 25.7 Å². The van der Waals surface area contributed by atoms with Crippen molar-refractivity contribution in [3.8, 4) is 0 Å². The molecule has 8 nitrogen and oxygen atoms in total. The molecule has 0 bridgehead atoms. The van der Waals surface area contributed by atoms with E-state index in [0.717, 1.165) is 0 Å². The molecule has 9 heteroatoms. The SMILES string of the molecule is CNC(=O)NC(=O)[C@H](C)OC(=O)C1CCN(C(=O)c2ccc(F)cc2)CC1. The second kappa shape index (κ2) is 9.11. The number of benzene rings is 1. The molecule has 0 radical (unpaired) electrons. The van der Waals surface area contributed by atoms with Crippen LogP contribution in [0, 0.1) is 11.7 Å². The van der Waals surface area contributed by atoms with Crippen LogP contribution in [0.3, 0.4) is 0 Å². The minimum absolute atomic E-state index is 0.222. The van der Waals surface area contributed by atoms with Crippen LogP contribution in [0.5, 0.6) is 0 Å². The van der Waals surface area contributed by atoms with Crippen LogP contribution in [0.1, 0.15) is 30.1 Å². The lowest BCUT2D eigenvalue weighted by Gasteiger charge is -2.31. The average Bonchev–Trinajstić information content (AvgIpc) is 2.67. The van der Waals surface area contributed by atoms with Gasteiger partial charge in [-0.25, -0.2) is 9.18 Å². The number of nitrogens with one attached hydrogen (secondary N) is 2. The molecule has 0 aromatic heterocycles. The number of ether oxygens (including phenoxy) is 1. The summed E-state index contributed by atoms with van der Waals surface area (Å²) in [4.78, 5) is 49.0. The number of esters is 1. The first-order chi connectivity index (χ1) is 12.8. The lowest BCUT2D eigenvalue weighted by atomic mass is 9.96. The molecule has 0 unspecified atom stereocenters. The summed E-state index contributed by atoms with van der Waals surface area (Å²) >= 11 is 0. The lowest BCUT2D eigenvalue weighted by Crippen LogP contribution is -2.45. The third-order valence-corrected chi connectivity index (χ3v) is 4.33. The molecule has 0 saturated carbocycles. The Morgan fingerprint density at radius 2 is 1.74 bits per heavy atom. The number of nitrogens with zero attached hydrogens (tertiary/aromatic N) is 1. The molecule has 1 aromatic rings. The van der Waals surface area contributed by atoms with E-state index in [1.54, 1.807) is 4.90 Å². The first-order valence-corrected chi connectivity index (χ1v) is 8.59. The summed E-state index contributed by atoms with van der Waals surface area (Å²) in [6.07, 6.45) is -0.306. The molecule has 2 rings (SSSR count). The Kier molecular flexibility index (Phi) is 6.86. The summed E-state index contributed by atoms with van der Waals surface area (Å²) in [5.74, 6) is -2.32. The van der Waals surface area contributed by atoms with E-state index < -0.39 is 35.7 Å². The highest BCUT2D eigenvalue weighted by molar-refractivity contribution is 5.97. The van der Waals surface area contributed by atoms with Crippen molar-refractivity contribution in [2.24, 2.45) is 5.92 Å². The highest BCUT2D eigenvalue weighted by Crippen LogP contribution is 2.21. The van der Waals surface area contributed by atoms with Crippen LogP contribution in [-0.2, 0) is 14.3 Å². The third-order valence-electron chi connectivity index (χ3n) is 4.33. The first kappa shape index (κ1) is 20.3. The van der Waals surface area contributed by atoms with E-state index >= 15 is 0 Å². The molecule has 1 saturated heterocycles. The van der Waals surface area contributed by atoms with Crippen molar-refractivity contribution in [3.63, 3.8) is 0 Å². The maximum atomic E-state index is 13.0. The number of rotatable bonds is 4. The summed E-state index contributed by atoms with van der Waals surface area (Å²) in [5, 5.41) is 4.27. The molecule has 4 amide bonds. The number of halogens is 1. The highest BCUT2D eigenvalue weighted by Gasteiger charge is 2.31. The van der Waals surface area contributed by atoms with Crippen molar-refractivity contribution in [2.75, 3.05) is 20.1 Å².